The van der Waals surface area contributed by atoms with Crippen molar-refractivity contribution in [3.63, 3.8) is 0 Å². The number of benzene rings is 1. The number of amides is 1. The van der Waals surface area contributed by atoms with E-state index in [2.05, 4.69) is 17.1 Å². The Morgan fingerprint density at radius 3 is 2.55 bits per heavy atom. The van der Waals surface area contributed by atoms with E-state index in [1.807, 2.05) is 37.3 Å². The summed E-state index contributed by atoms with van der Waals surface area (Å²) < 4.78 is 5.37. The molecule has 1 aliphatic heterocycles. The van der Waals surface area contributed by atoms with Crippen molar-refractivity contribution < 1.29 is 9.53 Å². The SMILES string of the molecule is CC(NC(=O)CC(N)c1ccccc1)C(C)N1CCOCC1. The van der Waals surface area contributed by atoms with E-state index in [0.29, 0.717) is 12.5 Å². The van der Waals surface area contributed by atoms with E-state index in [1.54, 1.807) is 0 Å². The van der Waals surface area contributed by atoms with Crippen LogP contribution in [0.1, 0.15) is 31.9 Å². The summed E-state index contributed by atoms with van der Waals surface area (Å²) in [6.45, 7) is 7.57. The van der Waals surface area contributed by atoms with E-state index < -0.39 is 0 Å². The van der Waals surface area contributed by atoms with Crippen LogP contribution in [0, 0.1) is 0 Å². The normalized spacial score (nSPS) is 20.1. The molecule has 1 heterocycles. The monoisotopic (exact) mass is 305 g/mol. The third-order valence-electron chi connectivity index (χ3n) is 4.37. The zero-order valence-corrected chi connectivity index (χ0v) is 13.5. The van der Waals surface area contributed by atoms with Crippen molar-refractivity contribution in [2.45, 2.75) is 38.4 Å². The molecule has 1 saturated heterocycles. The van der Waals surface area contributed by atoms with Crippen LogP contribution in [0.5, 0.6) is 0 Å². The maximum absolute atomic E-state index is 12.2. The van der Waals surface area contributed by atoms with Gasteiger partial charge >= 0.3 is 0 Å². The fourth-order valence-electron chi connectivity index (χ4n) is 2.75. The van der Waals surface area contributed by atoms with Gasteiger partial charge in [0.25, 0.3) is 0 Å². The van der Waals surface area contributed by atoms with Crippen LogP contribution < -0.4 is 11.1 Å². The smallest absolute Gasteiger partial charge is 0.222 e. The fourth-order valence-corrected chi connectivity index (χ4v) is 2.75. The molecule has 3 N–H and O–H groups in total. The van der Waals surface area contributed by atoms with E-state index in [0.717, 1.165) is 31.9 Å². The third kappa shape index (κ3) is 4.80. The van der Waals surface area contributed by atoms with Crippen molar-refractivity contribution in [2.24, 2.45) is 5.73 Å². The molecule has 1 fully saturated rings. The lowest BCUT2D eigenvalue weighted by molar-refractivity contribution is -0.122. The molecule has 0 aliphatic carbocycles. The molecule has 0 radical (unpaired) electrons. The molecular weight excluding hydrogens is 278 g/mol. The topological polar surface area (TPSA) is 67.6 Å². The first-order chi connectivity index (χ1) is 10.6. The largest absolute Gasteiger partial charge is 0.379 e. The number of ether oxygens (including phenoxy) is 1. The molecule has 3 unspecified atom stereocenters. The number of hydrogen-bond acceptors (Lipinski definition) is 4. The zero-order chi connectivity index (χ0) is 15.9. The Bertz CT molecular complexity index is 460. The molecule has 22 heavy (non-hydrogen) atoms. The number of hydrogen-bond donors (Lipinski definition) is 2. The first kappa shape index (κ1) is 16.9. The van der Waals surface area contributed by atoms with Crippen LogP contribution in [0.25, 0.3) is 0 Å². The molecule has 1 aliphatic rings. The number of nitrogens with one attached hydrogen (secondary N) is 1. The molecule has 1 aromatic rings. The highest BCUT2D eigenvalue weighted by atomic mass is 16.5. The van der Waals surface area contributed by atoms with Crippen LogP contribution in [0.4, 0.5) is 0 Å². The lowest BCUT2D eigenvalue weighted by Crippen LogP contribution is -2.52. The minimum atomic E-state index is -0.257. The number of carbonyl (C=O) groups is 1. The predicted molar refractivity (Wildman–Crippen MR) is 87.4 cm³/mol. The molecule has 1 amide bonds. The van der Waals surface area contributed by atoms with Gasteiger partial charge in [0, 0.05) is 37.6 Å². The molecule has 0 aromatic heterocycles. The highest BCUT2D eigenvalue weighted by molar-refractivity contribution is 5.77. The molecule has 122 valence electrons. The van der Waals surface area contributed by atoms with Gasteiger partial charge in [-0.25, -0.2) is 0 Å². The van der Waals surface area contributed by atoms with Crippen molar-refractivity contribution in [3.05, 3.63) is 35.9 Å². The van der Waals surface area contributed by atoms with Gasteiger partial charge in [-0.15, -0.1) is 0 Å². The Morgan fingerprint density at radius 2 is 1.91 bits per heavy atom. The van der Waals surface area contributed by atoms with Gasteiger partial charge in [-0.05, 0) is 19.4 Å². The quantitative estimate of drug-likeness (QED) is 0.831. The molecule has 5 heteroatoms. The molecule has 0 bridgehead atoms. The molecule has 0 saturated carbocycles. The van der Waals surface area contributed by atoms with Gasteiger partial charge in [-0.2, -0.15) is 0 Å². The number of carbonyl (C=O) groups excluding carboxylic acids is 1. The highest BCUT2D eigenvalue weighted by Crippen LogP contribution is 2.14. The maximum Gasteiger partial charge on any atom is 0.222 e. The van der Waals surface area contributed by atoms with E-state index in [4.69, 9.17) is 10.5 Å². The summed E-state index contributed by atoms with van der Waals surface area (Å²) in [5.41, 5.74) is 7.09. The number of nitrogens with two attached hydrogens (primary N) is 1. The summed E-state index contributed by atoms with van der Waals surface area (Å²) in [4.78, 5) is 14.5. The number of nitrogens with zero attached hydrogens (tertiary/aromatic N) is 1. The summed E-state index contributed by atoms with van der Waals surface area (Å²) in [5, 5.41) is 3.08. The molecule has 3 atom stereocenters. The Morgan fingerprint density at radius 1 is 1.27 bits per heavy atom. The fraction of sp³-hybridized carbons (Fsp3) is 0.588. The number of rotatable bonds is 6. The maximum atomic E-state index is 12.2. The standard InChI is InChI=1S/C17H27N3O2/c1-13(14(2)20-8-10-22-11-9-20)19-17(21)12-16(18)15-6-4-3-5-7-15/h3-7,13-14,16H,8-12,18H2,1-2H3,(H,19,21). The van der Waals surface area contributed by atoms with Gasteiger partial charge in [-0.1, -0.05) is 30.3 Å². The average Bonchev–Trinajstić information content (AvgIpc) is 2.55. The van der Waals surface area contributed by atoms with Gasteiger partial charge in [-0.3, -0.25) is 9.69 Å². The second kappa shape index (κ2) is 8.27. The summed E-state index contributed by atoms with van der Waals surface area (Å²) in [5.74, 6) is 0.00367. The molecule has 5 nitrogen and oxygen atoms in total. The van der Waals surface area contributed by atoms with Crippen LogP contribution in [-0.2, 0) is 9.53 Å². The van der Waals surface area contributed by atoms with Gasteiger partial charge in [0.05, 0.1) is 13.2 Å². The predicted octanol–water partition coefficient (Wildman–Crippen LogP) is 1.30. The van der Waals surface area contributed by atoms with E-state index in [9.17, 15) is 4.79 Å². The molecule has 1 aromatic carbocycles. The third-order valence-corrected chi connectivity index (χ3v) is 4.37. The molecular formula is C17H27N3O2. The van der Waals surface area contributed by atoms with Gasteiger partial charge in [0.2, 0.25) is 5.91 Å². The second-order valence-electron chi connectivity index (χ2n) is 5.97. The lowest BCUT2D eigenvalue weighted by atomic mass is 10.0. The van der Waals surface area contributed by atoms with Crippen LogP contribution in [0.15, 0.2) is 30.3 Å². The summed E-state index contributed by atoms with van der Waals surface area (Å²) in [6.07, 6.45) is 0.310. The minimum Gasteiger partial charge on any atom is -0.379 e. The molecule has 0 spiro atoms. The Hall–Kier alpha value is -1.43. The minimum absolute atomic E-state index is 0.00367. The first-order valence-electron chi connectivity index (χ1n) is 7.99. The summed E-state index contributed by atoms with van der Waals surface area (Å²) >= 11 is 0. The highest BCUT2D eigenvalue weighted by Gasteiger charge is 2.23. The Labute approximate surface area is 132 Å². The van der Waals surface area contributed by atoms with Crippen LogP contribution >= 0.6 is 0 Å². The summed E-state index contributed by atoms with van der Waals surface area (Å²) in [7, 11) is 0. The van der Waals surface area contributed by atoms with Gasteiger partial charge < -0.3 is 15.8 Å². The summed E-state index contributed by atoms with van der Waals surface area (Å²) in [6, 6.07) is 9.87. The second-order valence-corrected chi connectivity index (χ2v) is 5.97. The van der Waals surface area contributed by atoms with Crippen LogP contribution in [0.3, 0.4) is 0 Å². The molecule has 2 rings (SSSR count). The van der Waals surface area contributed by atoms with E-state index in [-0.39, 0.29) is 18.0 Å². The van der Waals surface area contributed by atoms with Crippen LogP contribution in [-0.4, -0.2) is 49.2 Å². The van der Waals surface area contributed by atoms with Crippen molar-refractivity contribution in [2.75, 3.05) is 26.3 Å². The van der Waals surface area contributed by atoms with Gasteiger partial charge in [0.1, 0.15) is 0 Å². The zero-order valence-electron chi connectivity index (χ0n) is 13.5. The van der Waals surface area contributed by atoms with Crippen molar-refractivity contribution in [1.29, 1.82) is 0 Å². The van der Waals surface area contributed by atoms with Crippen molar-refractivity contribution in [3.8, 4) is 0 Å². The van der Waals surface area contributed by atoms with Crippen molar-refractivity contribution >= 4 is 5.91 Å². The Balaban J connectivity index is 1.80. The van der Waals surface area contributed by atoms with Crippen molar-refractivity contribution in [1.82, 2.24) is 10.2 Å². The first-order valence-corrected chi connectivity index (χ1v) is 7.99. The number of morpholine rings is 1. The average molecular weight is 305 g/mol. The Kier molecular flexibility index (Phi) is 6.36. The van der Waals surface area contributed by atoms with E-state index >= 15 is 0 Å². The van der Waals surface area contributed by atoms with E-state index in [1.165, 1.54) is 0 Å². The van der Waals surface area contributed by atoms with Crippen LogP contribution in [0.2, 0.25) is 0 Å². The lowest BCUT2D eigenvalue weighted by Gasteiger charge is -2.36. The van der Waals surface area contributed by atoms with Gasteiger partial charge in [0.15, 0.2) is 0 Å².